The number of fused-ring (bicyclic) bond motifs is 1. The highest BCUT2D eigenvalue weighted by atomic mass is 32.2. The molecule has 26 nitrogen and oxygen atoms in total. The predicted molar refractivity (Wildman–Crippen MR) is 297 cm³/mol. The highest BCUT2D eigenvalue weighted by Gasteiger charge is 2.45. The molecule has 11 atom stereocenters. The zero-order valence-electron chi connectivity index (χ0n) is 45.5. The van der Waals surface area contributed by atoms with Gasteiger partial charge in [-0.05, 0) is 101 Å². The number of para-hydroxylation sites is 1. The van der Waals surface area contributed by atoms with E-state index in [9.17, 15) is 68.1 Å². The Labute approximate surface area is 473 Å². The summed E-state index contributed by atoms with van der Waals surface area (Å²) in [5, 5.41) is 47.0. The number of carbonyl (C=O) groups excluding carboxylic acids is 10. The number of aliphatic hydroxyl groups excluding tert-OH is 2. The number of hydrogen-bond donors (Lipinski definition) is 13. The largest absolute Gasteiger partial charge is 0.481 e. The summed E-state index contributed by atoms with van der Waals surface area (Å²) in [6, 6.07) is -5.33. The fourth-order valence-electron chi connectivity index (χ4n) is 10.2. The van der Waals surface area contributed by atoms with Gasteiger partial charge in [0.1, 0.15) is 54.4 Å². The lowest BCUT2D eigenvalue weighted by atomic mass is 10.0. The van der Waals surface area contributed by atoms with Crippen LogP contribution in [0.15, 0.2) is 30.5 Å². The van der Waals surface area contributed by atoms with Crippen LogP contribution in [0.5, 0.6) is 0 Å². The molecular weight excluding hydrogens is 1080 g/mol. The molecule has 10 amide bonds. The summed E-state index contributed by atoms with van der Waals surface area (Å²) < 4.78 is 0. The van der Waals surface area contributed by atoms with Gasteiger partial charge >= 0.3 is 5.97 Å². The Hall–Kier alpha value is -6.49. The Morgan fingerprint density at radius 1 is 0.700 bits per heavy atom. The number of primary amides is 1. The maximum atomic E-state index is 14.3. The van der Waals surface area contributed by atoms with E-state index in [0.717, 1.165) is 21.4 Å². The van der Waals surface area contributed by atoms with Crippen molar-refractivity contribution >= 4 is 100 Å². The molecule has 2 aromatic rings. The van der Waals surface area contributed by atoms with Crippen molar-refractivity contribution in [1.82, 2.24) is 51.6 Å². The van der Waals surface area contributed by atoms with Crippen molar-refractivity contribution in [1.29, 1.82) is 0 Å². The Morgan fingerprint density at radius 2 is 1.21 bits per heavy atom. The number of carboxylic acid groups (broad SMARTS) is 1. The van der Waals surface area contributed by atoms with Gasteiger partial charge < -0.3 is 78.4 Å². The van der Waals surface area contributed by atoms with E-state index >= 15 is 0 Å². The quantitative estimate of drug-likeness (QED) is 0.0371. The Balaban J connectivity index is 1.22. The highest BCUT2D eigenvalue weighted by Crippen LogP contribution is 2.25. The molecule has 442 valence electrons. The van der Waals surface area contributed by atoms with E-state index in [-0.39, 0.29) is 69.8 Å². The number of nitrogens with zero attached hydrogens (tertiary/aromatic N) is 3. The average molecular weight is 1160 g/mol. The Morgan fingerprint density at radius 3 is 1.73 bits per heavy atom. The van der Waals surface area contributed by atoms with E-state index in [2.05, 4.69) is 49.5 Å². The summed E-state index contributed by atoms with van der Waals surface area (Å²) in [6.07, 6.45) is 3.05. The van der Waals surface area contributed by atoms with Gasteiger partial charge in [-0.2, -0.15) is 24.4 Å². The fraction of sp³-hybridized carbons (Fsp3) is 0.635. The number of likely N-dealkylation sites (tertiary alicyclic amines) is 3. The van der Waals surface area contributed by atoms with E-state index in [1.807, 2.05) is 30.5 Å². The number of amides is 10. The molecule has 80 heavy (non-hydrogen) atoms. The molecule has 3 fully saturated rings. The van der Waals surface area contributed by atoms with E-state index in [1.54, 1.807) is 20.0 Å². The van der Waals surface area contributed by atoms with E-state index in [4.69, 9.17) is 11.5 Å². The molecule has 3 aliphatic rings. The molecule has 14 N–H and O–H groups in total. The second-order valence-electron chi connectivity index (χ2n) is 20.9. The number of H-pyrrole nitrogens is 1. The third-order valence-corrected chi connectivity index (χ3v) is 15.5. The van der Waals surface area contributed by atoms with Gasteiger partial charge in [-0.3, -0.25) is 52.7 Å². The van der Waals surface area contributed by atoms with Gasteiger partial charge in [0.05, 0.1) is 18.8 Å². The number of nitrogens with one attached hydrogen (secondary N) is 7. The summed E-state index contributed by atoms with van der Waals surface area (Å²) in [6.45, 7) is 4.00. The molecule has 0 radical (unpaired) electrons. The molecule has 0 spiro atoms. The highest BCUT2D eigenvalue weighted by molar-refractivity contribution is 7.98. The molecule has 4 heterocycles. The van der Waals surface area contributed by atoms with Crippen LogP contribution in [0.2, 0.25) is 0 Å². The van der Waals surface area contributed by atoms with Crippen LogP contribution in [-0.4, -0.2) is 211 Å². The van der Waals surface area contributed by atoms with Crippen molar-refractivity contribution in [3.63, 3.8) is 0 Å². The molecule has 5 rings (SSSR count). The van der Waals surface area contributed by atoms with Crippen LogP contribution in [0.4, 0.5) is 0 Å². The minimum Gasteiger partial charge on any atom is -0.481 e. The molecule has 3 saturated heterocycles. The lowest BCUT2D eigenvalue weighted by Gasteiger charge is -2.33. The molecular formula is C52H78N12O14S2. The molecule has 0 unspecified atom stereocenters. The van der Waals surface area contributed by atoms with E-state index in [1.165, 1.54) is 28.5 Å². The average Bonchev–Trinajstić information content (AvgIpc) is 4.32. The van der Waals surface area contributed by atoms with Crippen LogP contribution in [0, 0.1) is 5.92 Å². The maximum Gasteiger partial charge on any atom is 0.303 e. The number of rotatable bonds is 29. The van der Waals surface area contributed by atoms with Gasteiger partial charge in [0.15, 0.2) is 0 Å². The second-order valence-corrected chi connectivity index (χ2v) is 22.2. The van der Waals surface area contributed by atoms with Crippen LogP contribution < -0.4 is 43.4 Å². The number of aliphatic hydroxyl groups is 2. The van der Waals surface area contributed by atoms with E-state index < -0.39 is 151 Å². The molecule has 0 aliphatic carbocycles. The molecule has 3 aliphatic heterocycles. The number of thioether (sulfide) groups is 1. The molecule has 0 bridgehead atoms. The number of aromatic amines is 1. The summed E-state index contributed by atoms with van der Waals surface area (Å²) in [4.78, 5) is 155. The number of nitrogens with two attached hydrogens (primary N) is 2. The number of benzene rings is 1. The van der Waals surface area contributed by atoms with Crippen molar-refractivity contribution < 1.29 is 68.1 Å². The summed E-state index contributed by atoms with van der Waals surface area (Å²) in [7, 11) is 0. The zero-order valence-corrected chi connectivity index (χ0v) is 47.2. The predicted octanol–water partition coefficient (Wildman–Crippen LogP) is -2.63. The monoisotopic (exact) mass is 1160 g/mol. The van der Waals surface area contributed by atoms with Gasteiger partial charge in [0, 0.05) is 48.9 Å². The first-order chi connectivity index (χ1) is 38.0. The molecule has 0 saturated carbocycles. The van der Waals surface area contributed by atoms with Crippen LogP contribution >= 0.6 is 24.4 Å². The topological polar surface area (TPSA) is 398 Å². The SMILES string of the molecule is CSCC[C@H](NC(=O)[C@@H]1CCCN1C(=O)[C@H](CS)NC(=O)[C@@H]1CCCN1C(=O)[C@H](CCC(=O)O)NC(=O)[C@@H]1CCCN1C(=O)[C@@H](NC(=O)[C@H](CO)NC(=O)[C@H](CC(C)C)NC(=O)[C@@H](N)Cc1c[nH]c2ccccc12)[C@@H](C)O)C(N)=O. The standard InChI is InChI=1S/C52H78N12O14S2/c1-27(2)22-35(58-44(70)31(53)23-29-24-55-32-11-6-5-10-30(29)32)45(71)59-36(25-65)46(72)61-42(28(3)66)52(78)64-20-9-14-40(64)48(74)57-34(15-16-41(67)68)50(76)62-18-7-13-39(62)49(75)60-37(26-79)51(77)63-19-8-12-38(63)47(73)56-33(43(54)69)17-21-80-4/h5-6,10-11,24,27-28,31,33-40,42,55,65-66,79H,7-9,12-23,25-26,53H2,1-4H3,(H2,54,69)(H,56,73)(H,57,74)(H,58,70)(H,59,71)(H,60,75)(H,61,72)(H,67,68)/t28-,31+,33+,34+,35+,36+,37+,38+,39+,40+,42+/m1/s1. The van der Waals surface area contributed by atoms with Crippen molar-refractivity contribution in [3.8, 4) is 0 Å². The molecule has 28 heteroatoms. The van der Waals surface area contributed by atoms with Crippen LogP contribution in [-0.2, 0) is 59.2 Å². The van der Waals surface area contributed by atoms with Crippen molar-refractivity contribution in [2.75, 3.05) is 44.0 Å². The van der Waals surface area contributed by atoms with Crippen LogP contribution in [0.3, 0.4) is 0 Å². The number of carboxylic acids is 1. The first kappa shape index (κ1) is 64.3. The number of carbonyl (C=O) groups is 11. The van der Waals surface area contributed by atoms with Gasteiger partial charge in [-0.1, -0.05) is 32.0 Å². The smallest absolute Gasteiger partial charge is 0.303 e. The molecule has 1 aromatic carbocycles. The second kappa shape index (κ2) is 30.4. The van der Waals surface area contributed by atoms with Gasteiger partial charge in [-0.25, -0.2) is 0 Å². The van der Waals surface area contributed by atoms with Gasteiger partial charge in [-0.15, -0.1) is 0 Å². The summed E-state index contributed by atoms with van der Waals surface area (Å²) in [5.41, 5.74) is 13.4. The normalized spacial score (nSPS) is 20.2. The first-order valence-corrected chi connectivity index (χ1v) is 29.0. The fourth-order valence-corrected chi connectivity index (χ4v) is 11.0. The van der Waals surface area contributed by atoms with Crippen molar-refractivity contribution in [3.05, 3.63) is 36.0 Å². The van der Waals surface area contributed by atoms with Crippen LogP contribution in [0.1, 0.15) is 90.5 Å². The lowest BCUT2D eigenvalue weighted by Crippen LogP contribution is -2.62. The van der Waals surface area contributed by atoms with E-state index in [0.29, 0.717) is 25.0 Å². The third kappa shape index (κ3) is 17.0. The number of hydrogen-bond acceptors (Lipinski definition) is 16. The number of thiol groups is 1. The minimum atomic E-state index is -1.73. The van der Waals surface area contributed by atoms with Gasteiger partial charge in [0.2, 0.25) is 59.1 Å². The van der Waals surface area contributed by atoms with Crippen molar-refractivity contribution in [2.45, 2.75) is 158 Å². The van der Waals surface area contributed by atoms with Crippen LogP contribution in [0.25, 0.3) is 10.9 Å². The summed E-state index contributed by atoms with van der Waals surface area (Å²) in [5.74, 6) is -8.89. The summed E-state index contributed by atoms with van der Waals surface area (Å²) >= 11 is 5.77. The van der Waals surface area contributed by atoms with Gasteiger partial charge in [0.25, 0.3) is 0 Å². The third-order valence-electron chi connectivity index (χ3n) is 14.5. The zero-order chi connectivity index (χ0) is 59.0. The Bertz CT molecular complexity index is 2570. The maximum absolute atomic E-state index is 14.3. The minimum absolute atomic E-state index is 0.0224. The first-order valence-electron chi connectivity index (χ1n) is 27.0. The lowest BCUT2D eigenvalue weighted by molar-refractivity contribution is -0.146. The van der Waals surface area contributed by atoms with Crippen molar-refractivity contribution in [2.24, 2.45) is 17.4 Å². The Kier molecular flexibility index (Phi) is 24.4. The number of aliphatic carboxylic acids is 1. The number of aromatic nitrogens is 1. The molecule has 1 aromatic heterocycles.